The fourth-order valence-electron chi connectivity index (χ4n) is 1.89. The van der Waals surface area contributed by atoms with Gasteiger partial charge in [-0.2, -0.15) is 0 Å². The van der Waals surface area contributed by atoms with Crippen molar-refractivity contribution in [2.75, 3.05) is 18.4 Å². The molecule has 0 amide bonds. The summed E-state index contributed by atoms with van der Waals surface area (Å²) in [6.07, 6.45) is 7.90. The van der Waals surface area contributed by atoms with Crippen LogP contribution in [0.15, 0.2) is 24.3 Å². The largest absolute Gasteiger partial charge is 0.383 e. The minimum Gasteiger partial charge on any atom is -0.383 e. The van der Waals surface area contributed by atoms with E-state index in [2.05, 4.69) is 22.6 Å². The Kier molecular flexibility index (Phi) is 3.26. The fraction of sp³-hybridized carbons (Fsp3) is 0.385. The fourth-order valence-corrected chi connectivity index (χ4v) is 1.89. The van der Waals surface area contributed by atoms with Crippen molar-refractivity contribution in [1.29, 1.82) is 0 Å². The lowest BCUT2D eigenvalue weighted by Crippen LogP contribution is -2.29. The van der Waals surface area contributed by atoms with Gasteiger partial charge in [0.05, 0.1) is 0 Å². The molecule has 0 radical (unpaired) electrons. The van der Waals surface area contributed by atoms with Gasteiger partial charge in [0.2, 0.25) is 0 Å². The van der Waals surface area contributed by atoms with E-state index in [1.54, 1.807) is 0 Å². The van der Waals surface area contributed by atoms with Crippen LogP contribution < -0.4 is 10.6 Å². The second-order valence-electron chi connectivity index (χ2n) is 3.90. The zero-order valence-electron chi connectivity index (χ0n) is 8.79. The van der Waals surface area contributed by atoms with Crippen molar-refractivity contribution in [3.63, 3.8) is 0 Å². The third-order valence-electron chi connectivity index (χ3n) is 2.74. The van der Waals surface area contributed by atoms with Crippen LogP contribution in [0.1, 0.15) is 18.4 Å². The summed E-state index contributed by atoms with van der Waals surface area (Å²) in [6, 6.07) is 8.60. The topological polar surface area (TPSA) is 24.1 Å². The standard InChI is InChI=1S/C13H16N2/c1-2-11-5-3-6-12(9-11)15-10-13-7-4-8-14-13/h1,3,5-6,9,13-15H,4,7-8,10H2. The molecule has 0 aliphatic carbocycles. The van der Waals surface area contributed by atoms with Gasteiger partial charge < -0.3 is 10.6 Å². The third kappa shape index (κ3) is 2.74. The molecule has 0 saturated carbocycles. The van der Waals surface area contributed by atoms with Gasteiger partial charge in [-0.25, -0.2) is 0 Å². The van der Waals surface area contributed by atoms with E-state index in [9.17, 15) is 0 Å². The van der Waals surface area contributed by atoms with Crippen molar-refractivity contribution in [3.05, 3.63) is 29.8 Å². The van der Waals surface area contributed by atoms with E-state index in [1.807, 2.05) is 18.2 Å². The second-order valence-corrected chi connectivity index (χ2v) is 3.90. The van der Waals surface area contributed by atoms with Crippen molar-refractivity contribution in [3.8, 4) is 12.3 Å². The van der Waals surface area contributed by atoms with Gasteiger partial charge in [0.25, 0.3) is 0 Å². The summed E-state index contributed by atoms with van der Waals surface area (Å²) in [5.74, 6) is 2.64. The van der Waals surface area contributed by atoms with Crippen molar-refractivity contribution < 1.29 is 0 Å². The Hall–Kier alpha value is -1.46. The first-order chi connectivity index (χ1) is 7.38. The Balaban J connectivity index is 1.90. The van der Waals surface area contributed by atoms with Crippen LogP contribution >= 0.6 is 0 Å². The van der Waals surface area contributed by atoms with E-state index in [0.29, 0.717) is 6.04 Å². The summed E-state index contributed by atoms with van der Waals surface area (Å²) in [4.78, 5) is 0. The van der Waals surface area contributed by atoms with Gasteiger partial charge >= 0.3 is 0 Å². The van der Waals surface area contributed by atoms with Crippen molar-refractivity contribution in [2.45, 2.75) is 18.9 Å². The van der Waals surface area contributed by atoms with E-state index in [-0.39, 0.29) is 0 Å². The molecule has 1 aliphatic heterocycles. The summed E-state index contributed by atoms with van der Waals surface area (Å²) < 4.78 is 0. The number of hydrogen-bond donors (Lipinski definition) is 2. The smallest absolute Gasteiger partial charge is 0.0353 e. The first kappa shape index (κ1) is 10.1. The van der Waals surface area contributed by atoms with Crippen molar-refractivity contribution in [1.82, 2.24) is 5.32 Å². The van der Waals surface area contributed by atoms with Crippen LogP contribution in [0, 0.1) is 12.3 Å². The van der Waals surface area contributed by atoms with Crippen LogP contribution in [-0.2, 0) is 0 Å². The van der Waals surface area contributed by atoms with E-state index >= 15 is 0 Å². The van der Waals surface area contributed by atoms with E-state index in [1.165, 1.54) is 12.8 Å². The Morgan fingerprint density at radius 2 is 2.47 bits per heavy atom. The lowest BCUT2D eigenvalue weighted by molar-refractivity contribution is 0.633. The molecule has 2 heteroatoms. The lowest BCUT2D eigenvalue weighted by atomic mass is 10.2. The Bertz CT molecular complexity index is 359. The SMILES string of the molecule is C#Cc1cccc(NCC2CCCN2)c1. The van der Waals surface area contributed by atoms with Gasteiger partial charge in [-0.15, -0.1) is 6.42 Å². The summed E-state index contributed by atoms with van der Waals surface area (Å²) in [5.41, 5.74) is 2.04. The molecule has 0 bridgehead atoms. The molecule has 1 fully saturated rings. The van der Waals surface area contributed by atoms with Gasteiger partial charge in [-0.05, 0) is 37.6 Å². The highest BCUT2D eigenvalue weighted by molar-refractivity contribution is 5.50. The molecule has 15 heavy (non-hydrogen) atoms. The van der Waals surface area contributed by atoms with Crippen LogP contribution in [0.4, 0.5) is 5.69 Å². The number of rotatable bonds is 3. The summed E-state index contributed by atoms with van der Waals surface area (Å²) in [6.45, 7) is 2.13. The molecular weight excluding hydrogens is 184 g/mol. The molecule has 1 atom stereocenters. The lowest BCUT2D eigenvalue weighted by Gasteiger charge is -2.12. The highest BCUT2D eigenvalue weighted by atomic mass is 15.0. The molecule has 2 rings (SSSR count). The quantitative estimate of drug-likeness (QED) is 0.727. The first-order valence-corrected chi connectivity index (χ1v) is 5.42. The number of anilines is 1. The predicted octanol–water partition coefficient (Wildman–Crippen LogP) is 1.83. The van der Waals surface area contributed by atoms with Crippen molar-refractivity contribution in [2.24, 2.45) is 0 Å². The molecule has 1 aliphatic rings. The molecule has 1 unspecified atom stereocenters. The summed E-state index contributed by atoms with van der Waals surface area (Å²) in [7, 11) is 0. The molecule has 1 saturated heterocycles. The number of nitrogens with one attached hydrogen (secondary N) is 2. The molecule has 1 heterocycles. The first-order valence-electron chi connectivity index (χ1n) is 5.42. The van der Waals surface area contributed by atoms with Gasteiger partial charge in [-0.3, -0.25) is 0 Å². The van der Waals surface area contributed by atoms with Crippen LogP contribution in [0.25, 0.3) is 0 Å². The molecule has 1 aromatic carbocycles. The number of hydrogen-bond acceptors (Lipinski definition) is 2. The minimum absolute atomic E-state index is 0.611. The van der Waals surface area contributed by atoms with E-state index in [0.717, 1.165) is 24.3 Å². The molecule has 78 valence electrons. The van der Waals surface area contributed by atoms with E-state index < -0.39 is 0 Å². The molecule has 2 N–H and O–H groups in total. The normalized spacial score (nSPS) is 19.8. The van der Waals surface area contributed by atoms with Gasteiger partial charge in [0, 0.05) is 23.8 Å². The second kappa shape index (κ2) is 4.86. The van der Waals surface area contributed by atoms with Crippen LogP contribution in [0.2, 0.25) is 0 Å². The Morgan fingerprint density at radius 3 is 3.20 bits per heavy atom. The maximum atomic E-state index is 5.35. The monoisotopic (exact) mass is 200 g/mol. The van der Waals surface area contributed by atoms with Gasteiger partial charge in [0.1, 0.15) is 0 Å². The average molecular weight is 200 g/mol. The highest BCUT2D eigenvalue weighted by Crippen LogP contribution is 2.11. The van der Waals surface area contributed by atoms with Crippen LogP contribution in [0.5, 0.6) is 0 Å². The zero-order valence-corrected chi connectivity index (χ0v) is 8.79. The maximum absolute atomic E-state index is 5.35. The zero-order chi connectivity index (χ0) is 10.5. The molecule has 2 nitrogen and oxygen atoms in total. The Morgan fingerprint density at radius 1 is 1.53 bits per heavy atom. The van der Waals surface area contributed by atoms with E-state index in [4.69, 9.17) is 6.42 Å². The Labute approximate surface area is 91.1 Å². The average Bonchev–Trinajstić information content (AvgIpc) is 2.79. The van der Waals surface area contributed by atoms with Crippen LogP contribution in [-0.4, -0.2) is 19.1 Å². The minimum atomic E-state index is 0.611. The van der Waals surface area contributed by atoms with Crippen molar-refractivity contribution >= 4 is 5.69 Å². The summed E-state index contributed by atoms with van der Waals surface area (Å²) in [5, 5.41) is 6.86. The number of terminal acetylenes is 1. The molecule has 0 aromatic heterocycles. The third-order valence-corrected chi connectivity index (χ3v) is 2.74. The predicted molar refractivity (Wildman–Crippen MR) is 63.9 cm³/mol. The molecule has 0 spiro atoms. The highest BCUT2D eigenvalue weighted by Gasteiger charge is 2.12. The van der Waals surface area contributed by atoms with Crippen LogP contribution in [0.3, 0.4) is 0 Å². The number of benzene rings is 1. The summed E-state index contributed by atoms with van der Waals surface area (Å²) >= 11 is 0. The molecule has 1 aromatic rings. The van der Waals surface area contributed by atoms with Gasteiger partial charge in [-0.1, -0.05) is 12.0 Å². The maximum Gasteiger partial charge on any atom is 0.0353 e. The van der Waals surface area contributed by atoms with Gasteiger partial charge in [0.15, 0.2) is 0 Å². The molecular formula is C13H16N2.